The molecule has 0 N–H and O–H groups in total. The first-order chi connectivity index (χ1) is 10.1. The van der Waals surface area contributed by atoms with E-state index >= 15 is 0 Å². The third kappa shape index (κ3) is 2.76. The van der Waals surface area contributed by atoms with Gasteiger partial charge in [-0.25, -0.2) is 0 Å². The van der Waals surface area contributed by atoms with Gasteiger partial charge >= 0.3 is 0 Å². The molecule has 0 fully saturated rings. The summed E-state index contributed by atoms with van der Waals surface area (Å²) in [5.74, 6) is 0.104. The maximum absolute atomic E-state index is 12.2. The van der Waals surface area contributed by atoms with Crippen LogP contribution in [-0.4, -0.2) is 10.4 Å². The van der Waals surface area contributed by atoms with Crippen LogP contribution in [-0.2, 0) is 13.0 Å². The number of rotatable bonds is 2. The van der Waals surface area contributed by atoms with Crippen LogP contribution in [0.4, 0.5) is 0 Å². The maximum Gasteiger partial charge on any atom is 0.251 e. The number of benzene rings is 1. The molecule has 1 heterocycles. The van der Waals surface area contributed by atoms with Crippen LogP contribution in [0.15, 0.2) is 35.1 Å². The molecule has 21 heavy (non-hydrogen) atoms. The lowest BCUT2D eigenvalue weighted by atomic mass is 9.94. The van der Waals surface area contributed by atoms with Crippen molar-refractivity contribution in [3.05, 3.63) is 67.6 Å². The zero-order valence-corrected chi connectivity index (χ0v) is 12.7. The SMILES string of the molecule is O=C1CCCc2c1ccc(=O)n2Cc1ccc(Cl)cc1Cl. The first-order valence-electron chi connectivity index (χ1n) is 6.76. The van der Waals surface area contributed by atoms with Gasteiger partial charge in [0.2, 0.25) is 0 Å². The van der Waals surface area contributed by atoms with Gasteiger partial charge in [-0.05, 0) is 36.6 Å². The average molecular weight is 322 g/mol. The fraction of sp³-hybridized carbons (Fsp3) is 0.250. The minimum Gasteiger partial charge on any atom is -0.307 e. The largest absolute Gasteiger partial charge is 0.307 e. The molecule has 1 aromatic heterocycles. The smallest absolute Gasteiger partial charge is 0.251 e. The number of fused-ring (bicyclic) bond motifs is 1. The number of halogens is 2. The van der Waals surface area contributed by atoms with Crippen molar-refractivity contribution in [2.24, 2.45) is 0 Å². The van der Waals surface area contributed by atoms with Crippen molar-refractivity contribution in [2.45, 2.75) is 25.8 Å². The Morgan fingerprint density at radius 1 is 1.05 bits per heavy atom. The summed E-state index contributed by atoms with van der Waals surface area (Å²) in [6.45, 7) is 0.352. The van der Waals surface area contributed by atoms with E-state index in [1.54, 1.807) is 28.8 Å². The van der Waals surface area contributed by atoms with Crippen molar-refractivity contribution >= 4 is 29.0 Å². The molecule has 1 aromatic carbocycles. The third-order valence-electron chi connectivity index (χ3n) is 3.76. The maximum atomic E-state index is 12.2. The van der Waals surface area contributed by atoms with Gasteiger partial charge in [0.1, 0.15) is 0 Å². The molecule has 5 heteroatoms. The van der Waals surface area contributed by atoms with Gasteiger partial charge in [-0.1, -0.05) is 29.3 Å². The normalized spacial score (nSPS) is 14.1. The first kappa shape index (κ1) is 14.4. The second-order valence-corrected chi connectivity index (χ2v) is 5.97. The van der Waals surface area contributed by atoms with Crippen molar-refractivity contribution < 1.29 is 4.79 Å². The van der Waals surface area contributed by atoms with Crippen molar-refractivity contribution in [3.8, 4) is 0 Å². The van der Waals surface area contributed by atoms with Crippen LogP contribution in [0.5, 0.6) is 0 Å². The number of carbonyl (C=O) groups excluding carboxylic acids is 1. The van der Waals surface area contributed by atoms with Gasteiger partial charge in [-0.15, -0.1) is 0 Å². The molecule has 0 amide bonds. The van der Waals surface area contributed by atoms with Gasteiger partial charge in [-0.3, -0.25) is 9.59 Å². The van der Waals surface area contributed by atoms with Crippen LogP contribution in [0.3, 0.4) is 0 Å². The molecule has 1 aliphatic rings. The van der Waals surface area contributed by atoms with Crippen LogP contribution in [0.25, 0.3) is 0 Å². The summed E-state index contributed by atoms with van der Waals surface area (Å²) in [6.07, 6.45) is 2.07. The molecule has 0 spiro atoms. The summed E-state index contributed by atoms with van der Waals surface area (Å²) in [5, 5.41) is 1.08. The molecule has 0 saturated heterocycles. The Morgan fingerprint density at radius 2 is 1.86 bits per heavy atom. The summed E-state index contributed by atoms with van der Waals surface area (Å²) in [6, 6.07) is 8.30. The van der Waals surface area contributed by atoms with Crippen LogP contribution in [0, 0.1) is 0 Å². The quantitative estimate of drug-likeness (QED) is 0.845. The Kier molecular flexibility index (Phi) is 3.87. The number of carbonyl (C=O) groups is 1. The van der Waals surface area contributed by atoms with E-state index < -0.39 is 0 Å². The molecule has 1 aliphatic carbocycles. The summed E-state index contributed by atoms with van der Waals surface area (Å²) >= 11 is 12.1. The van der Waals surface area contributed by atoms with E-state index in [1.807, 2.05) is 0 Å². The number of Topliss-reactive ketones (excluding diaryl/α,β-unsaturated/α-hetero) is 1. The lowest BCUT2D eigenvalue weighted by Crippen LogP contribution is -2.28. The Morgan fingerprint density at radius 3 is 2.62 bits per heavy atom. The topological polar surface area (TPSA) is 39.1 Å². The monoisotopic (exact) mass is 321 g/mol. The summed E-state index contributed by atoms with van der Waals surface area (Å²) in [5.41, 5.74) is 2.17. The van der Waals surface area contributed by atoms with Crippen LogP contribution in [0.2, 0.25) is 10.0 Å². The molecule has 0 atom stereocenters. The highest BCUT2D eigenvalue weighted by Crippen LogP contribution is 2.24. The molecule has 0 unspecified atom stereocenters. The minimum absolute atomic E-state index is 0.104. The summed E-state index contributed by atoms with van der Waals surface area (Å²) in [4.78, 5) is 24.1. The second-order valence-electron chi connectivity index (χ2n) is 5.13. The van der Waals surface area contributed by atoms with Crippen molar-refractivity contribution in [3.63, 3.8) is 0 Å². The highest BCUT2D eigenvalue weighted by molar-refractivity contribution is 6.35. The van der Waals surface area contributed by atoms with Gasteiger partial charge in [-0.2, -0.15) is 0 Å². The van der Waals surface area contributed by atoms with Crippen LogP contribution < -0.4 is 5.56 Å². The van der Waals surface area contributed by atoms with Gasteiger partial charge in [0.25, 0.3) is 5.56 Å². The third-order valence-corrected chi connectivity index (χ3v) is 4.34. The van der Waals surface area contributed by atoms with Crippen molar-refractivity contribution in [1.29, 1.82) is 0 Å². The Bertz CT molecular complexity index is 780. The number of nitrogens with zero attached hydrogens (tertiary/aromatic N) is 1. The lowest BCUT2D eigenvalue weighted by molar-refractivity contribution is 0.0970. The Balaban J connectivity index is 2.08. The van der Waals surface area contributed by atoms with E-state index in [9.17, 15) is 9.59 Å². The Hall–Kier alpha value is -1.58. The lowest BCUT2D eigenvalue weighted by Gasteiger charge is -2.20. The molecule has 108 valence electrons. The molecular formula is C16H13Cl2NO2. The van der Waals surface area contributed by atoms with E-state index in [-0.39, 0.29) is 11.3 Å². The predicted octanol–water partition coefficient (Wildman–Crippen LogP) is 3.72. The minimum atomic E-state index is -0.116. The number of hydrogen-bond acceptors (Lipinski definition) is 2. The first-order valence-corrected chi connectivity index (χ1v) is 7.51. The second kappa shape index (κ2) is 5.66. The highest BCUT2D eigenvalue weighted by Gasteiger charge is 2.21. The molecule has 3 nitrogen and oxygen atoms in total. The van der Waals surface area contributed by atoms with E-state index in [0.29, 0.717) is 28.6 Å². The summed E-state index contributed by atoms with van der Waals surface area (Å²) < 4.78 is 1.64. The van der Waals surface area contributed by atoms with E-state index in [0.717, 1.165) is 24.1 Å². The number of ketones is 1. The number of pyridine rings is 1. The number of hydrogen-bond donors (Lipinski definition) is 0. The van der Waals surface area contributed by atoms with Crippen molar-refractivity contribution in [1.82, 2.24) is 4.57 Å². The molecule has 0 saturated carbocycles. The Labute approximate surface area is 132 Å². The summed E-state index contributed by atoms with van der Waals surface area (Å²) in [7, 11) is 0. The molecule has 0 aliphatic heterocycles. The predicted molar refractivity (Wildman–Crippen MR) is 83.5 cm³/mol. The zero-order valence-electron chi connectivity index (χ0n) is 11.2. The number of aromatic nitrogens is 1. The molecule has 2 aromatic rings. The van der Waals surface area contributed by atoms with Gasteiger partial charge in [0.05, 0.1) is 6.54 Å². The molecule has 0 bridgehead atoms. The van der Waals surface area contributed by atoms with Gasteiger partial charge < -0.3 is 4.57 Å². The molecule has 0 radical (unpaired) electrons. The molecule has 3 rings (SSSR count). The van der Waals surface area contributed by atoms with Gasteiger partial charge in [0.15, 0.2) is 5.78 Å². The van der Waals surface area contributed by atoms with E-state index in [1.165, 1.54) is 6.07 Å². The van der Waals surface area contributed by atoms with E-state index in [2.05, 4.69) is 0 Å². The van der Waals surface area contributed by atoms with Gasteiger partial charge in [0, 0.05) is 33.8 Å². The molecular weight excluding hydrogens is 309 g/mol. The van der Waals surface area contributed by atoms with Crippen molar-refractivity contribution in [2.75, 3.05) is 0 Å². The fourth-order valence-corrected chi connectivity index (χ4v) is 3.16. The fourth-order valence-electron chi connectivity index (χ4n) is 2.69. The highest BCUT2D eigenvalue weighted by atomic mass is 35.5. The van der Waals surface area contributed by atoms with Crippen LogP contribution in [0.1, 0.15) is 34.5 Å². The van der Waals surface area contributed by atoms with E-state index in [4.69, 9.17) is 23.2 Å². The standard InChI is InChI=1S/C16H13Cl2NO2/c17-11-5-4-10(13(18)8-11)9-19-14-2-1-3-15(20)12(14)6-7-16(19)21/h4-8H,1-3,9H2. The van der Waals surface area contributed by atoms with Crippen LogP contribution >= 0.6 is 23.2 Å². The zero-order chi connectivity index (χ0) is 15.0. The average Bonchev–Trinajstić information content (AvgIpc) is 2.44.